The first-order valence-electron chi connectivity index (χ1n) is 11.2. The minimum atomic E-state index is -1.72. The summed E-state index contributed by atoms with van der Waals surface area (Å²) in [6, 6.07) is 13.1. The summed E-state index contributed by atoms with van der Waals surface area (Å²) >= 11 is 0. The molecule has 3 aromatic carbocycles. The molecule has 1 aliphatic rings. The Morgan fingerprint density at radius 3 is 2.03 bits per heavy atom. The number of amides is 2. The normalized spacial score (nSPS) is 14.6. The summed E-state index contributed by atoms with van der Waals surface area (Å²) < 4.78 is 35.1. The Morgan fingerprint density at radius 1 is 0.865 bits per heavy atom. The van der Waals surface area contributed by atoms with Crippen LogP contribution in [0.5, 0.6) is 23.0 Å². The number of halogens is 1. The van der Waals surface area contributed by atoms with Gasteiger partial charge in [-0.3, -0.25) is 19.3 Å². The first kappa shape index (κ1) is 25.5. The fraction of sp³-hybridized carbons (Fsp3) is 0.222. The molecule has 0 N–H and O–H groups in total. The molecule has 9 nitrogen and oxygen atoms in total. The molecule has 37 heavy (non-hydrogen) atoms. The van der Waals surface area contributed by atoms with E-state index in [-0.39, 0.29) is 28.5 Å². The van der Waals surface area contributed by atoms with Gasteiger partial charge in [0.25, 0.3) is 5.91 Å². The molecule has 1 aliphatic heterocycles. The maximum absolute atomic E-state index is 13.9. The summed E-state index contributed by atoms with van der Waals surface area (Å²) in [5.74, 6) is -3.49. The van der Waals surface area contributed by atoms with Crippen LogP contribution >= 0.6 is 0 Å². The average Bonchev–Trinajstić information content (AvgIpc) is 2.92. The monoisotopic (exact) mass is 508 g/mol. The molecule has 10 heteroatoms. The van der Waals surface area contributed by atoms with Crippen molar-refractivity contribution in [3.05, 3.63) is 66.0 Å². The van der Waals surface area contributed by atoms with Gasteiger partial charge >= 0.3 is 0 Å². The minimum absolute atomic E-state index is 0.0378. The van der Waals surface area contributed by atoms with Crippen LogP contribution in [0.15, 0.2) is 54.6 Å². The second-order valence-electron chi connectivity index (χ2n) is 8.08. The predicted octanol–water partition coefficient (Wildman–Crippen LogP) is 4.00. The van der Waals surface area contributed by atoms with Crippen molar-refractivity contribution in [2.75, 3.05) is 45.3 Å². The Balaban J connectivity index is 1.93. The van der Waals surface area contributed by atoms with Crippen LogP contribution in [-0.4, -0.2) is 53.1 Å². The predicted molar refractivity (Wildman–Crippen MR) is 134 cm³/mol. The van der Waals surface area contributed by atoms with Gasteiger partial charge in [-0.05, 0) is 54.6 Å². The number of fused-ring (bicyclic) bond motifs is 1. The molecule has 0 aromatic heterocycles. The Morgan fingerprint density at radius 2 is 1.49 bits per heavy atom. The lowest BCUT2D eigenvalue weighted by atomic mass is 9.87. The van der Waals surface area contributed by atoms with Gasteiger partial charge in [-0.2, -0.15) is 0 Å². The molecule has 4 rings (SSSR count). The Bertz CT molecular complexity index is 1360. The summed E-state index contributed by atoms with van der Waals surface area (Å²) in [5.41, 5.74) is 0.843. The van der Waals surface area contributed by atoms with Crippen LogP contribution in [-0.2, 0) is 9.59 Å². The van der Waals surface area contributed by atoms with E-state index < -0.39 is 29.3 Å². The maximum Gasteiger partial charge on any atom is 0.252 e. The number of nitrogens with zero attached hydrogens (tertiary/aromatic N) is 2. The molecule has 0 bridgehead atoms. The zero-order valence-corrected chi connectivity index (χ0v) is 20.9. The average molecular weight is 509 g/mol. The summed E-state index contributed by atoms with van der Waals surface area (Å²) in [5, 5.41) is 0. The largest absolute Gasteiger partial charge is 0.497 e. The molecule has 0 spiro atoms. The smallest absolute Gasteiger partial charge is 0.252 e. The zero-order chi connectivity index (χ0) is 26.9. The Kier molecular flexibility index (Phi) is 7.01. The summed E-state index contributed by atoms with van der Waals surface area (Å²) in [6.07, 6.45) is 0. The van der Waals surface area contributed by atoms with Crippen LogP contribution in [0.4, 0.5) is 21.5 Å². The Hall–Kier alpha value is -4.60. The van der Waals surface area contributed by atoms with E-state index in [9.17, 15) is 18.8 Å². The van der Waals surface area contributed by atoms with Crippen molar-refractivity contribution in [3.8, 4) is 23.0 Å². The second-order valence-corrected chi connectivity index (χ2v) is 8.08. The molecule has 0 aliphatic carbocycles. The number of carbonyl (C=O) groups excluding carboxylic acids is 3. The molecule has 192 valence electrons. The zero-order valence-electron chi connectivity index (χ0n) is 20.9. The van der Waals surface area contributed by atoms with E-state index >= 15 is 0 Å². The first-order chi connectivity index (χ1) is 17.8. The van der Waals surface area contributed by atoms with Crippen LogP contribution in [0.1, 0.15) is 10.4 Å². The van der Waals surface area contributed by atoms with Crippen molar-refractivity contribution >= 4 is 34.7 Å². The van der Waals surface area contributed by atoms with E-state index in [0.717, 1.165) is 4.90 Å². The highest BCUT2D eigenvalue weighted by Gasteiger charge is 2.48. The fourth-order valence-corrected chi connectivity index (χ4v) is 4.25. The van der Waals surface area contributed by atoms with Crippen molar-refractivity contribution in [2.24, 2.45) is 5.92 Å². The summed E-state index contributed by atoms with van der Waals surface area (Å²) in [6.45, 7) is 0. The van der Waals surface area contributed by atoms with E-state index in [1.165, 1.54) is 70.7 Å². The van der Waals surface area contributed by atoms with E-state index in [0.29, 0.717) is 17.1 Å². The number of carbonyl (C=O) groups is 3. The molecule has 0 fully saturated rings. The third kappa shape index (κ3) is 4.31. The highest BCUT2D eigenvalue weighted by Crippen LogP contribution is 2.51. The van der Waals surface area contributed by atoms with Crippen molar-refractivity contribution in [1.82, 2.24) is 0 Å². The van der Waals surface area contributed by atoms with Crippen molar-refractivity contribution in [3.63, 3.8) is 0 Å². The number of hydrogen-bond acceptors (Lipinski definition) is 7. The third-order valence-electron chi connectivity index (χ3n) is 6.14. The van der Waals surface area contributed by atoms with Gasteiger partial charge in [-0.25, -0.2) is 4.39 Å². The highest BCUT2D eigenvalue weighted by molar-refractivity contribution is 6.35. The molecule has 0 saturated carbocycles. The molecular formula is C27H25FN2O7. The van der Waals surface area contributed by atoms with Gasteiger partial charge in [0.2, 0.25) is 11.7 Å². The van der Waals surface area contributed by atoms with Crippen molar-refractivity contribution in [1.29, 1.82) is 0 Å². The number of ether oxygens (including phenoxy) is 4. The number of ketones is 1. The summed E-state index contributed by atoms with van der Waals surface area (Å²) in [7, 11) is 7.10. The van der Waals surface area contributed by atoms with Crippen LogP contribution in [0, 0.1) is 11.7 Å². The number of methoxy groups -OCH3 is 4. The standard InChI is InChI=1S/C27H25FN2O7/c1-29(16-8-6-15(28)7-9-16)26(32)21-23(31)19-14-20(35-3)24(36-4)25(37-5)22(19)30(27(21)33)17-10-12-18(34-2)13-11-17/h6-14,21H,1-5H3. The molecule has 0 saturated heterocycles. The number of rotatable bonds is 7. The lowest BCUT2D eigenvalue weighted by molar-refractivity contribution is -0.129. The van der Waals surface area contributed by atoms with Gasteiger partial charge in [-0.15, -0.1) is 0 Å². The third-order valence-corrected chi connectivity index (χ3v) is 6.14. The van der Waals surface area contributed by atoms with Gasteiger partial charge < -0.3 is 23.8 Å². The lowest BCUT2D eigenvalue weighted by Gasteiger charge is -2.35. The SMILES string of the molecule is COc1ccc(N2C(=O)C(C(=O)N(C)c3ccc(F)cc3)C(=O)c3cc(OC)c(OC)c(OC)c32)cc1. The van der Waals surface area contributed by atoms with Gasteiger partial charge in [0, 0.05) is 18.4 Å². The van der Waals surface area contributed by atoms with Crippen LogP contribution in [0.3, 0.4) is 0 Å². The van der Waals surface area contributed by atoms with Crippen LogP contribution in [0.25, 0.3) is 0 Å². The van der Waals surface area contributed by atoms with Gasteiger partial charge in [-0.1, -0.05) is 0 Å². The molecule has 1 unspecified atom stereocenters. The van der Waals surface area contributed by atoms with Crippen LogP contribution in [0.2, 0.25) is 0 Å². The van der Waals surface area contributed by atoms with E-state index in [4.69, 9.17) is 18.9 Å². The van der Waals surface area contributed by atoms with Gasteiger partial charge in [0.1, 0.15) is 17.3 Å². The van der Waals surface area contributed by atoms with E-state index in [1.54, 1.807) is 24.3 Å². The fourth-order valence-electron chi connectivity index (χ4n) is 4.25. The van der Waals surface area contributed by atoms with Crippen molar-refractivity contribution < 1.29 is 37.7 Å². The number of hydrogen-bond donors (Lipinski definition) is 0. The van der Waals surface area contributed by atoms with Crippen LogP contribution < -0.4 is 28.7 Å². The van der Waals surface area contributed by atoms with E-state index in [1.807, 2.05) is 0 Å². The number of anilines is 3. The number of benzene rings is 3. The molecule has 2 amide bonds. The Labute approximate surface area is 212 Å². The number of Topliss-reactive ketones (excluding diaryl/α,β-unsaturated/α-hetero) is 1. The molecule has 0 radical (unpaired) electrons. The molecule has 1 heterocycles. The van der Waals surface area contributed by atoms with E-state index in [2.05, 4.69) is 0 Å². The van der Waals surface area contributed by atoms with Gasteiger partial charge in [0.05, 0.1) is 34.0 Å². The minimum Gasteiger partial charge on any atom is -0.497 e. The molecular weight excluding hydrogens is 483 g/mol. The lowest BCUT2D eigenvalue weighted by Crippen LogP contribution is -2.50. The quantitative estimate of drug-likeness (QED) is 0.445. The van der Waals surface area contributed by atoms with Crippen molar-refractivity contribution in [2.45, 2.75) is 0 Å². The second kappa shape index (κ2) is 10.2. The molecule has 3 aromatic rings. The highest BCUT2D eigenvalue weighted by atomic mass is 19.1. The first-order valence-corrected chi connectivity index (χ1v) is 11.2. The van der Waals surface area contributed by atoms with Gasteiger partial charge in [0.15, 0.2) is 23.2 Å². The molecule has 1 atom stereocenters. The summed E-state index contributed by atoms with van der Waals surface area (Å²) in [4.78, 5) is 43.7. The maximum atomic E-state index is 13.9. The topological polar surface area (TPSA) is 94.6 Å².